The third-order valence-electron chi connectivity index (χ3n) is 4.90. The van der Waals surface area contributed by atoms with Gasteiger partial charge in [0.15, 0.2) is 0 Å². The molecule has 3 rings (SSSR count). The minimum absolute atomic E-state index is 0.00840. The molecule has 8 nitrogen and oxygen atoms in total. The van der Waals surface area contributed by atoms with Crippen LogP contribution in [0.5, 0.6) is 0 Å². The van der Waals surface area contributed by atoms with Crippen molar-refractivity contribution in [3.05, 3.63) is 66.0 Å². The van der Waals surface area contributed by atoms with Gasteiger partial charge in [-0.25, -0.2) is 9.18 Å². The zero-order valence-corrected chi connectivity index (χ0v) is 17.2. The van der Waals surface area contributed by atoms with Gasteiger partial charge in [-0.3, -0.25) is 14.6 Å². The van der Waals surface area contributed by atoms with Crippen molar-refractivity contribution in [3.63, 3.8) is 0 Å². The van der Waals surface area contributed by atoms with Gasteiger partial charge in [-0.2, -0.15) is 5.10 Å². The summed E-state index contributed by atoms with van der Waals surface area (Å²) in [6.07, 6.45) is -0.00840. The second kappa shape index (κ2) is 9.38. The fourth-order valence-electron chi connectivity index (χ4n) is 3.48. The molecule has 2 amide bonds. The summed E-state index contributed by atoms with van der Waals surface area (Å²) in [7, 11) is 1.41. The summed E-state index contributed by atoms with van der Waals surface area (Å²) in [6, 6.07) is 12.1. The van der Waals surface area contributed by atoms with Crippen molar-refractivity contribution in [2.45, 2.75) is 25.4 Å². The maximum atomic E-state index is 13.7. The highest BCUT2D eigenvalue weighted by Crippen LogP contribution is 2.29. The molecule has 1 aliphatic rings. The first-order valence-corrected chi connectivity index (χ1v) is 9.73. The molecule has 2 unspecified atom stereocenters. The van der Waals surface area contributed by atoms with E-state index < -0.39 is 35.7 Å². The van der Waals surface area contributed by atoms with Crippen LogP contribution in [-0.4, -0.2) is 48.1 Å². The van der Waals surface area contributed by atoms with Gasteiger partial charge in [0.05, 0.1) is 12.3 Å². The first-order chi connectivity index (χ1) is 14.8. The predicted molar refractivity (Wildman–Crippen MR) is 112 cm³/mol. The molecule has 0 aromatic heterocycles. The van der Waals surface area contributed by atoms with E-state index >= 15 is 0 Å². The van der Waals surface area contributed by atoms with Gasteiger partial charge in [-0.15, -0.1) is 0 Å². The van der Waals surface area contributed by atoms with E-state index in [-0.39, 0.29) is 24.3 Å². The van der Waals surface area contributed by atoms with Gasteiger partial charge in [-0.1, -0.05) is 30.3 Å². The third-order valence-corrected chi connectivity index (χ3v) is 4.90. The number of esters is 1. The molecule has 1 aliphatic heterocycles. The lowest BCUT2D eigenvalue weighted by molar-refractivity contribution is -0.139. The Balaban J connectivity index is 1.93. The quantitative estimate of drug-likeness (QED) is 0.682. The van der Waals surface area contributed by atoms with Crippen molar-refractivity contribution in [1.82, 2.24) is 4.90 Å². The minimum Gasteiger partial charge on any atom is -0.461 e. The summed E-state index contributed by atoms with van der Waals surface area (Å²) < 4.78 is 18.7. The minimum atomic E-state index is -1.19. The lowest BCUT2D eigenvalue weighted by Crippen LogP contribution is -2.48. The topological polar surface area (TPSA) is 105 Å². The van der Waals surface area contributed by atoms with E-state index in [9.17, 15) is 18.8 Å². The van der Waals surface area contributed by atoms with E-state index in [1.165, 1.54) is 30.3 Å². The molecule has 1 heterocycles. The Hall–Kier alpha value is -3.75. The van der Waals surface area contributed by atoms with Gasteiger partial charge in [0.1, 0.15) is 23.6 Å². The number of carbonyl (C=O) groups is 3. The Morgan fingerprint density at radius 2 is 1.94 bits per heavy atom. The number of benzene rings is 2. The van der Waals surface area contributed by atoms with Gasteiger partial charge in [0.25, 0.3) is 0 Å². The van der Waals surface area contributed by atoms with Crippen molar-refractivity contribution in [3.8, 4) is 0 Å². The number of ether oxygens (including phenoxy) is 1. The summed E-state index contributed by atoms with van der Waals surface area (Å²) in [5.74, 6) is -2.47. The highest BCUT2D eigenvalue weighted by Gasteiger charge is 2.40. The molecule has 0 radical (unpaired) electrons. The zero-order chi connectivity index (χ0) is 22.5. The van der Waals surface area contributed by atoms with Crippen LogP contribution in [0, 0.1) is 5.82 Å². The maximum Gasteiger partial charge on any atom is 0.354 e. The van der Waals surface area contributed by atoms with Crippen LogP contribution in [0.1, 0.15) is 24.9 Å². The molecule has 2 aromatic carbocycles. The molecular formula is C22H23FN4O4. The SMILES string of the molecule is CCOC(=O)C1=NN(c2ccccc2)C(C(=O)N(C)C(C(N)=O)c2cccc(F)c2)C1. The van der Waals surface area contributed by atoms with E-state index in [0.717, 1.165) is 11.0 Å². The van der Waals surface area contributed by atoms with E-state index in [1.54, 1.807) is 31.2 Å². The second-order valence-electron chi connectivity index (χ2n) is 6.98. The maximum absolute atomic E-state index is 13.7. The molecule has 2 N–H and O–H groups in total. The van der Waals surface area contributed by atoms with Crippen LogP contribution < -0.4 is 10.7 Å². The van der Waals surface area contributed by atoms with Crippen LogP contribution in [0.15, 0.2) is 59.7 Å². The van der Waals surface area contributed by atoms with Crippen LogP contribution in [0.4, 0.5) is 10.1 Å². The van der Waals surface area contributed by atoms with Crippen molar-refractivity contribution < 1.29 is 23.5 Å². The Morgan fingerprint density at radius 1 is 1.23 bits per heavy atom. The first-order valence-electron chi connectivity index (χ1n) is 9.73. The molecule has 9 heteroatoms. The molecule has 0 saturated carbocycles. The average molecular weight is 426 g/mol. The number of likely N-dealkylation sites (N-methyl/N-ethyl adjacent to an activating group) is 1. The number of nitrogens with two attached hydrogens (primary N) is 1. The van der Waals surface area contributed by atoms with E-state index in [1.807, 2.05) is 6.07 Å². The van der Waals surface area contributed by atoms with Crippen LogP contribution >= 0.6 is 0 Å². The van der Waals surface area contributed by atoms with Crippen LogP contribution in [0.25, 0.3) is 0 Å². The summed E-state index contributed by atoms with van der Waals surface area (Å²) in [4.78, 5) is 39.0. The van der Waals surface area contributed by atoms with Crippen molar-refractivity contribution in [2.24, 2.45) is 10.8 Å². The Morgan fingerprint density at radius 3 is 2.55 bits per heavy atom. The number of carbonyl (C=O) groups excluding carboxylic acids is 3. The summed E-state index contributed by atoms with van der Waals surface area (Å²) in [6.45, 7) is 1.85. The zero-order valence-electron chi connectivity index (χ0n) is 17.2. The monoisotopic (exact) mass is 426 g/mol. The molecule has 31 heavy (non-hydrogen) atoms. The number of hydrogen-bond donors (Lipinski definition) is 1. The number of amides is 2. The van der Waals surface area contributed by atoms with Gasteiger partial charge in [0, 0.05) is 13.5 Å². The fraction of sp³-hybridized carbons (Fsp3) is 0.273. The highest BCUT2D eigenvalue weighted by molar-refractivity contribution is 6.38. The van der Waals surface area contributed by atoms with E-state index in [0.29, 0.717) is 5.69 Å². The van der Waals surface area contributed by atoms with Crippen LogP contribution in [-0.2, 0) is 19.1 Å². The number of primary amides is 1. The standard InChI is InChI=1S/C22H23FN4O4/c1-3-31-22(30)17-13-18(27(25-17)16-10-5-4-6-11-16)21(29)26(2)19(20(24)28)14-8-7-9-15(23)12-14/h4-12,18-19H,3,13H2,1-2H3,(H2,24,28). The third kappa shape index (κ3) is 4.71. The van der Waals surface area contributed by atoms with Crippen LogP contribution in [0.3, 0.4) is 0 Å². The Bertz CT molecular complexity index is 1010. The number of hydrogen-bond acceptors (Lipinski definition) is 6. The van der Waals surface area contributed by atoms with Crippen molar-refractivity contribution >= 4 is 29.2 Å². The molecule has 0 spiro atoms. The normalized spacial score (nSPS) is 16.4. The van der Waals surface area contributed by atoms with Gasteiger partial charge >= 0.3 is 5.97 Å². The molecule has 0 saturated heterocycles. The van der Waals surface area contributed by atoms with Crippen LogP contribution in [0.2, 0.25) is 0 Å². The predicted octanol–water partition coefficient (Wildman–Crippen LogP) is 2.01. The Labute approximate surface area is 179 Å². The van der Waals surface area contributed by atoms with E-state index in [4.69, 9.17) is 10.5 Å². The number of rotatable bonds is 7. The number of anilines is 1. The second-order valence-corrected chi connectivity index (χ2v) is 6.98. The fourth-order valence-corrected chi connectivity index (χ4v) is 3.48. The van der Waals surface area contributed by atoms with Crippen molar-refractivity contribution in [2.75, 3.05) is 18.7 Å². The first kappa shape index (κ1) is 21.9. The van der Waals surface area contributed by atoms with E-state index in [2.05, 4.69) is 5.10 Å². The average Bonchev–Trinajstić information content (AvgIpc) is 3.19. The lowest BCUT2D eigenvalue weighted by Gasteiger charge is -2.31. The molecule has 0 bridgehead atoms. The van der Waals surface area contributed by atoms with Gasteiger partial charge in [-0.05, 0) is 36.8 Å². The lowest BCUT2D eigenvalue weighted by atomic mass is 10.0. The molecule has 2 atom stereocenters. The Kier molecular flexibility index (Phi) is 6.64. The van der Waals surface area contributed by atoms with Gasteiger partial charge in [0.2, 0.25) is 11.8 Å². The summed E-state index contributed by atoms with van der Waals surface area (Å²) in [5, 5.41) is 5.73. The van der Waals surface area contributed by atoms with Crippen molar-refractivity contribution in [1.29, 1.82) is 0 Å². The largest absolute Gasteiger partial charge is 0.461 e. The number of halogens is 1. The number of para-hydroxylation sites is 1. The summed E-state index contributed by atoms with van der Waals surface area (Å²) >= 11 is 0. The molecule has 2 aromatic rings. The molecular weight excluding hydrogens is 403 g/mol. The van der Waals surface area contributed by atoms with Gasteiger partial charge < -0.3 is 15.4 Å². The molecule has 0 fully saturated rings. The smallest absolute Gasteiger partial charge is 0.354 e. The number of nitrogens with zero attached hydrogens (tertiary/aromatic N) is 3. The number of hydrazone groups is 1. The molecule has 162 valence electrons. The highest BCUT2D eigenvalue weighted by atomic mass is 19.1. The molecule has 0 aliphatic carbocycles. The summed E-state index contributed by atoms with van der Waals surface area (Å²) in [5.41, 5.74) is 6.48.